The summed E-state index contributed by atoms with van der Waals surface area (Å²) in [6, 6.07) is 9.41. The molecule has 1 amide bonds. The largest absolute Gasteiger partial charge is 0.370 e. The van der Waals surface area contributed by atoms with E-state index in [1.54, 1.807) is 11.0 Å². The number of hydrogen-bond donors (Lipinski definition) is 1. The number of halogens is 2. The number of thiazole rings is 1. The third-order valence-corrected chi connectivity index (χ3v) is 6.06. The first-order valence-corrected chi connectivity index (χ1v) is 10.4. The number of carbonyl (C=O) groups is 1. The number of anilines is 1. The number of rotatable bonds is 5. The van der Waals surface area contributed by atoms with Crippen LogP contribution in [0.4, 0.5) is 13.9 Å². The van der Waals surface area contributed by atoms with Gasteiger partial charge in [-0.2, -0.15) is 0 Å². The van der Waals surface area contributed by atoms with Gasteiger partial charge in [-0.15, -0.1) is 0 Å². The Hall–Kier alpha value is -2.42. The van der Waals surface area contributed by atoms with Gasteiger partial charge < -0.3 is 9.64 Å². The molecule has 0 atom stereocenters. The van der Waals surface area contributed by atoms with Crippen molar-refractivity contribution in [2.24, 2.45) is 0 Å². The Kier molecular flexibility index (Phi) is 5.84. The molecule has 0 aliphatic carbocycles. The van der Waals surface area contributed by atoms with Gasteiger partial charge in [-0.1, -0.05) is 29.0 Å². The third kappa shape index (κ3) is 4.44. The molecular formula is C21H22F2N3O2S+. The maximum Gasteiger partial charge on any atom is 0.260 e. The standard InChI is InChI=1S/C21H21F2N3O2S/c1-14-3-2-4-15(11-14)20(27)26(6-5-25-7-9-28-10-8-25)21-24-19-17(23)12-16(22)13-18(19)29-21/h2-4,11-13H,5-10H2,1H3/p+1. The Labute approximate surface area is 171 Å². The number of benzene rings is 2. The lowest BCUT2D eigenvalue weighted by molar-refractivity contribution is -0.906. The van der Waals surface area contributed by atoms with Crippen LogP contribution in [0, 0.1) is 18.6 Å². The second-order valence-electron chi connectivity index (χ2n) is 7.17. The van der Waals surface area contributed by atoms with Crippen LogP contribution in [0.2, 0.25) is 0 Å². The van der Waals surface area contributed by atoms with Gasteiger partial charge in [0, 0.05) is 11.6 Å². The van der Waals surface area contributed by atoms with Crippen LogP contribution in [-0.4, -0.2) is 50.3 Å². The molecule has 2 heterocycles. The summed E-state index contributed by atoms with van der Waals surface area (Å²) in [5.41, 5.74) is 1.62. The molecule has 1 N–H and O–H groups in total. The molecule has 1 aromatic heterocycles. The monoisotopic (exact) mass is 418 g/mol. The minimum atomic E-state index is -0.718. The number of ether oxygens (including phenoxy) is 1. The summed E-state index contributed by atoms with van der Waals surface area (Å²) < 4.78 is 33.6. The minimum absolute atomic E-state index is 0.0900. The van der Waals surface area contributed by atoms with Crippen molar-refractivity contribution in [3.05, 3.63) is 59.2 Å². The SMILES string of the molecule is Cc1cccc(C(=O)N(CC[NH+]2CCOCC2)c2nc3c(F)cc(F)cc3s2)c1. The summed E-state index contributed by atoms with van der Waals surface area (Å²) in [5.74, 6) is -1.56. The number of hydrogen-bond acceptors (Lipinski definition) is 4. The Balaban J connectivity index is 1.67. The number of nitrogens with zero attached hydrogens (tertiary/aromatic N) is 2. The molecule has 0 bridgehead atoms. The number of aromatic nitrogens is 1. The number of aryl methyl sites for hydroxylation is 1. The molecule has 5 nitrogen and oxygen atoms in total. The molecule has 2 aromatic carbocycles. The third-order valence-electron chi connectivity index (χ3n) is 5.03. The lowest BCUT2D eigenvalue weighted by Gasteiger charge is -2.27. The fraction of sp³-hybridized carbons (Fsp3) is 0.333. The number of nitrogens with one attached hydrogen (secondary N) is 1. The van der Waals surface area contributed by atoms with Crippen molar-refractivity contribution in [2.75, 3.05) is 44.3 Å². The van der Waals surface area contributed by atoms with E-state index in [4.69, 9.17) is 4.74 Å². The van der Waals surface area contributed by atoms with Crippen LogP contribution in [0.3, 0.4) is 0 Å². The molecule has 1 aliphatic heterocycles. The lowest BCUT2D eigenvalue weighted by atomic mass is 10.1. The van der Waals surface area contributed by atoms with Crippen LogP contribution in [0.1, 0.15) is 15.9 Å². The van der Waals surface area contributed by atoms with E-state index in [0.717, 1.165) is 42.6 Å². The van der Waals surface area contributed by atoms with E-state index in [0.29, 0.717) is 35.2 Å². The molecule has 29 heavy (non-hydrogen) atoms. The van der Waals surface area contributed by atoms with Gasteiger partial charge in [-0.25, -0.2) is 13.8 Å². The van der Waals surface area contributed by atoms with Crippen LogP contribution in [-0.2, 0) is 4.74 Å². The van der Waals surface area contributed by atoms with Crippen molar-refractivity contribution >= 4 is 32.6 Å². The van der Waals surface area contributed by atoms with Crippen molar-refractivity contribution in [3.8, 4) is 0 Å². The van der Waals surface area contributed by atoms with E-state index in [2.05, 4.69) is 4.98 Å². The minimum Gasteiger partial charge on any atom is -0.370 e. The van der Waals surface area contributed by atoms with Gasteiger partial charge in [0.25, 0.3) is 5.91 Å². The van der Waals surface area contributed by atoms with Crippen molar-refractivity contribution in [2.45, 2.75) is 6.92 Å². The number of fused-ring (bicyclic) bond motifs is 1. The van der Waals surface area contributed by atoms with E-state index in [9.17, 15) is 13.6 Å². The Morgan fingerprint density at radius 3 is 2.79 bits per heavy atom. The van der Waals surface area contributed by atoms with Gasteiger partial charge in [0.2, 0.25) is 0 Å². The highest BCUT2D eigenvalue weighted by molar-refractivity contribution is 7.22. The topological polar surface area (TPSA) is 46.9 Å². The van der Waals surface area contributed by atoms with Crippen LogP contribution < -0.4 is 9.80 Å². The fourth-order valence-electron chi connectivity index (χ4n) is 3.46. The van der Waals surface area contributed by atoms with Crippen LogP contribution >= 0.6 is 11.3 Å². The van der Waals surface area contributed by atoms with Gasteiger partial charge in [0.1, 0.15) is 24.4 Å². The number of quaternary nitrogens is 1. The first-order chi connectivity index (χ1) is 14.0. The molecule has 152 valence electrons. The second kappa shape index (κ2) is 8.52. The average molecular weight is 418 g/mol. The second-order valence-corrected chi connectivity index (χ2v) is 8.18. The molecular weight excluding hydrogens is 396 g/mol. The van der Waals surface area contributed by atoms with Crippen molar-refractivity contribution in [3.63, 3.8) is 0 Å². The van der Waals surface area contributed by atoms with Crippen molar-refractivity contribution in [1.29, 1.82) is 0 Å². The highest BCUT2D eigenvalue weighted by atomic mass is 32.1. The first-order valence-electron chi connectivity index (χ1n) is 9.57. The Morgan fingerprint density at radius 2 is 2.03 bits per heavy atom. The summed E-state index contributed by atoms with van der Waals surface area (Å²) in [7, 11) is 0. The fourth-order valence-corrected chi connectivity index (χ4v) is 4.49. The Bertz CT molecular complexity index is 1030. The quantitative estimate of drug-likeness (QED) is 0.693. The predicted molar refractivity (Wildman–Crippen MR) is 109 cm³/mol. The molecule has 1 saturated heterocycles. The average Bonchev–Trinajstić information content (AvgIpc) is 3.13. The van der Waals surface area contributed by atoms with Gasteiger partial charge in [-0.05, 0) is 25.1 Å². The molecule has 3 aromatic rings. The van der Waals surface area contributed by atoms with Gasteiger partial charge in [0.05, 0.1) is 31.0 Å². The van der Waals surface area contributed by atoms with Gasteiger partial charge >= 0.3 is 0 Å². The maximum absolute atomic E-state index is 14.2. The highest BCUT2D eigenvalue weighted by Gasteiger charge is 2.25. The molecule has 0 spiro atoms. The zero-order valence-corrected chi connectivity index (χ0v) is 16.9. The van der Waals surface area contributed by atoms with Gasteiger partial charge in [-0.3, -0.25) is 9.69 Å². The summed E-state index contributed by atoms with van der Waals surface area (Å²) in [5, 5.41) is 0.378. The molecule has 8 heteroatoms. The number of carbonyl (C=O) groups excluding carboxylic acids is 1. The molecule has 0 saturated carbocycles. The maximum atomic E-state index is 14.2. The number of amides is 1. The van der Waals surface area contributed by atoms with Crippen LogP contribution in [0.5, 0.6) is 0 Å². The zero-order valence-electron chi connectivity index (χ0n) is 16.1. The molecule has 1 fully saturated rings. The van der Waals surface area contributed by atoms with E-state index in [-0.39, 0.29) is 11.4 Å². The van der Waals surface area contributed by atoms with E-state index in [1.807, 2.05) is 25.1 Å². The van der Waals surface area contributed by atoms with E-state index < -0.39 is 11.6 Å². The number of morpholine rings is 1. The molecule has 0 unspecified atom stereocenters. The molecule has 4 rings (SSSR count). The summed E-state index contributed by atoms with van der Waals surface area (Å²) in [6.07, 6.45) is 0. The summed E-state index contributed by atoms with van der Waals surface area (Å²) in [4.78, 5) is 20.6. The molecule has 0 radical (unpaired) electrons. The Morgan fingerprint density at radius 1 is 1.24 bits per heavy atom. The van der Waals surface area contributed by atoms with E-state index >= 15 is 0 Å². The molecule has 1 aliphatic rings. The van der Waals surface area contributed by atoms with Crippen LogP contribution in [0.15, 0.2) is 36.4 Å². The van der Waals surface area contributed by atoms with Crippen molar-refractivity contribution < 1.29 is 23.2 Å². The zero-order chi connectivity index (χ0) is 20.4. The summed E-state index contributed by atoms with van der Waals surface area (Å²) in [6.45, 7) is 6.26. The predicted octanol–water partition coefficient (Wildman–Crippen LogP) is 2.44. The van der Waals surface area contributed by atoms with E-state index in [1.165, 1.54) is 11.0 Å². The lowest BCUT2D eigenvalue weighted by Crippen LogP contribution is -3.14. The normalized spacial score (nSPS) is 15.0. The van der Waals surface area contributed by atoms with Gasteiger partial charge in [0.15, 0.2) is 10.9 Å². The summed E-state index contributed by atoms with van der Waals surface area (Å²) >= 11 is 1.13. The van der Waals surface area contributed by atoms with Crippen molar-refractivity contribution in [1.82, 2.24) is 4.98 Å². The van der Waals surface area contributed by atoms with Crippen LogP contribution in [0.25, 0.3) is 10.2 Å². The smallest absolute Gasteiger partial charge is 0.260 e. The first kappa shape index (κ1) is 19.9. The highest BCUT2D eigenvalue weighted by Crippen LogP contribution is 2.31.